The zero-order valence-corrected chi connectivity index (χ0v) is 23.6. The third-order valence-corrected chi connectivity index (χ3v) is 11.5. The molecule has 1 aliphatic carbocycles. The molecule has 2 fully saturated rings. The second-order valence-corrected chi connectivity index (χ2v) is 15.2. The summed E-state index contributed by atoms with van der Waals surface area (Å²) in [4.78, 5) is 2.36. The predicted octanol–water partition coefficient (Wildman–Crippen LogP) is 6.78. The fourth-order valence-electron chi connectivity index (χ4n) is 5.67. The van der Waals surface area contributed by atoms with Crippen molar-refractivity contribution in [1.82, 2.24) is 0 Å². The number of anilines is 1. The molecule has 0 spiro atoms. The lowest BCUT2D eigenvalue weighted by Crippen LogP contribution is -2.42. The summed E-state index contributed by atoms with van der Waals surface area (Å²) < 4.78 is 24.4. The average molecular weight is 532 g/mol. The van der Waals surface area contributed by atoms with Crippen LogP contribution in [-0.2, 0) is 21.9 Å². The van der Waals surface area contributed by atoms with Crippen molar-refractivity contribution in [2.24, 2.45) is 11.8 Å². The van der Waals surface area contributed by atoms with Gasteiger partial charge in [0, 0.05) is 23.8 Å². The van der Waals surface area contributed by atoms with Gasteiger partial charge in [0.15, 0.2) is 9.84 Å². The molecule has 0 amide bonds. The standard InChI is InChI=1S/C30H42ClNO3S/c1-29(2,3)36(34,35)22-25-8-6-23(7-9-25)4-5-24-10-16-28(17-11-24)32-20-18-30(33,19-21-32)26-12-14-27(31)15-13-26/h10-17,23,25,33H,4-9,18-22H2,1-3H3. The molecule has 2 aliphatic rings. The quantitative estimate of drug-likeness (QED) is 0.428. The summed E-state index contributed by atoms with van der Waals surface area (Å²) in [7, 11) is -3.03. The van der Waals surface area contributed by atoms with Gasteiger partial charge in [0.2, 0.25) is 0 Å². The zero-order valence-electron chi connectivity index (χ0n) is 22.0. The molecule has 0 unspecified atom stereocenters. The monoisotopic (exact) mass is 531 g/mol. The molecule has 6 heteroatoms. The highest BCUT2D eigenvalue weighted by Crippen LogP contribution is 2.36. The highest BCUT2D eigenvalue weighted by Gasteiger charge is 2.35. The summed E-state index contributed by atoms with van der Waals surface area (Å²) in [5.74, 6) is 1.37. The molecule has 1 heterocycles. The molecule has 0 aromatic heterocycles. The number of hydrogen-bond acceptors (Lipinski definition) is 4. The summed E-state index contributed by atoms with van der Waals surface area (Å²) in [6.07, 6.45) is 8.03. The second kappa shape index (κ2) is 11.0. The van der Waals surface area contributed by atoms with Gasteiger partial charge in [-0.05, 0) is 107 Å². The topological polar surface area (TPSA) is 57.6 Å². The first kappa shape index (κ1) is 27.5. The smallest absolute Gasteiger partial charge is 0.155 e. The predicted molar refractivity (Wildman–Crippen MR) is 151 cm³/mol. The van der Waals surface area contributed by atoms with Crippen LogP contribution < -0.4 is 4.90 Å². The molecule has 0 bridgehead atoms. The van der Waals surface area contributed by atoms with Crippen LogP contribution in [0, 0.1) is 11.8 Å². The molecule has 4 nitrogen and oxygen atoms in total. The molecule has 1 saturated heterocycles. The van der Waals surface area contributed by atoms with Crippen molar-refractivity contribution in [3.63, 3.8) is 0 Å². The van der Waals surface area contributed by atoms with Crippen molar-refractivity contribution in [2.75, 3.05) is 23.7 Å². The van der Waals surface area contributed by atoms with Gasteiger partial charge in [0.05, 0.1) is 16.1 Å². The van der Waals surface area contributed by atoms with Gasteiger partial charge in [0.25, 0.3) is 0 Å². The van der Waals surface area contributed by atoms with Crippen molar-refractivity contribution in [1.29, 1.82) is 0 Å². The van der Waals surface area contributed by atoms with Crippen LogP contribution in [0.15, 0.2) is 48.5 Å². The van der Waals surface area contributed by atoms with Crippen LogP contribution in [0.25, 0.3) is 0 Å². The van der Waals surface area contributed by atoms with Crippen molar-refractivity contribution in [3.8, 4) is 0 Å². The van der Waals surface area contributed by atoms with E-state index in [4.69, 9.17) is 11.6 Å². The lowest BCUT2D eigenvalue weighted by molar-refractivity contribution is 0.0118. The number of halogens is 1. The first-order valence-corrected chi connectivity index (χ1v) is 15.5. The fourth-order valence-corrected chi connectivity index (χ4v) is 7.25. The molecule has 1 N–H and O–H groups in total. The van der Waals surface area contributed by atoms with Gasteiger partial charge in [-0.1, -0.05) is 48.7 Å². The van der Waals surface area contributed by atoms with Crippen LogP contribution >= 0.6 is 11.6 Å². The van der Waals surface area contributed by atoms with Gasteiger partial charge in [-0.2, -0.15) is 0 Å². The van der Waals surface area contributed by atoms with Crippen LogP contribution in [-0.4, -0.2) is 37.1 Å². The van der Waals surface area contributed by atoms with Crippen LogP contribution in [0.1, 0.15) is 76.8 Å². The maximum Gasteiger partial charge on any atom is 0.155 e. The molecule has 36 heavy (non-hydrogen) atoms. The van der Waals surface area contributed by atoms with E-state index in [9.17, 15) is 13.5 Å². The van der Waals surface area contributed by atoms with Crippen LogP contribution in [0.4, 0.5) is 5.69 Å². The highest BCUT2D eigenvalue weighted by atomic mass is 35.5. The van der Waals surface area contributed by atoms with Gasteiger partial charge in [0.1, 0.15) is 0 Å². The largest absolute Gasteiger partial charge is 0.385 e. The highest BCUT2D eigenvalue weighted by molar-refractivity contribution is 7.92. The van der Waals surface area contributed by atoms with Gasteiger partial charge in [-0.15, -0.1) is 0 Å². The number of benzene rings is 2. The summed E-state index contributed by atoms with van der Waals surface area (Å²) >= 11 is 6.01. The van der Waals surface area contributed by atoms with Crippen LogP contribution in [0.3, 0.4) is 0 Å². The number of rotatable bonds is 7. The number of sulfone groups is 1. The van der Waals surface area contributed by atoms with Gasteiger partial charge >= 0.3 is 0 Å². The van der Waals surface area contributed by atoms with E-state index in [-0.39, 0.29) is 0 Å². The van der Waals surface area contributed by atoms with Crippen molar-refractivity contribution < 1.29 is 13.5 Å². The van der Waals surface area contributed by atoms with Gasteiger partial charge < -0.3 is 10.0 Å². The minimum absolute atomic E-state index is 0.326. The van der Waals surface area contributed by atoms with E-state index >= 15 is 0 Å². The Kier molecular flexibility index (Phi) is 8.43. The van der Waals surface area contributed by atoms with E-state index in [2.05, 4.69) is 29.2 Å². The molecule has 2 aromatic carbocycles. The Balaban J connectivity index is 1.22. The van der Waals surface area contributed by atoms with Crippen LogP contribution in [0.5, 0.6) is 0 Å². The summed E-state index contributed by atoms with van der Waals surface area (Å²) in [5.41, 5.74) is 2.76. The molecule has 1 saturated carbocycles. The molecule has 1 aliphatic heterocycles. The first-order valence-electron chi connectivity index (χ1n) is 13.5. The van der Waals surface area contributed by atoms with Crippen LogP contribution in [0.2, 0.25) is 5.02 Å². The Morgan fingerprint density at radius 2 is 1.47 bits per heavy atom. The lowest BCUT2D eigenvalue weighted by Gasteiger charge is -2.39. The van der Waals surface area contributed by atoms with E-state index in [1.807, 2.05) is 45.0 Å². The molecule has 0 radical (unpaired) electrons. The van der Waals surface area contributed by atoms with Crippen molar-refractivity contribution in [2.45, 2.75) is 82.5 Å². The average Bonchev–Trinajstić information content (AvgIpc) is 2.84. The third kappa shape index (κ3) is 6.65. The van der Waals surface area contributed by atoms with E-state index in [0.29, 0.717) is 35.5 Å². The number of aryl methyl sites for hydroxylation is 1. The number of piperidine rings is 1. The number of nitrogens with zero attached hydrogens (tertiary/aromatic N) is 1. The van der Waals surface area contributed by atoms with Crippen molar-refractivity contribution >= 4 is 27.1 Å². The fraction of sp³-hybridized carbons (Fsp3) is 0.600. The van der Waals surface area contributed by atoms with E-state index in [0.717, 1.165) is 50.8 Å². The molecule has 2 aromatic rings. The SMILES string of the molecule is CC(C)(C)S(=O)(=O)CC1CCC(CCc2ccc(N3CCC(O)(c4ccc(Cl)cc4)CC3)cc2)CC1. The Morgan fingerprint density at radius 3 is 2.03 bits per heavy atom. The van der Waals surface area contributed by atoms with Crippen molar-refractivity contribution in [3.05, 3.63) is 64.7 Å². The van der Waals surface area contributed by atoms with E-state index < -0.39 is 20.2 Å². The molecule has 198 valence electrons. The van der Waals surface area contributed by atoms with Gasteiger partial charge in [-0.25, -0.2) is 8.42 Å². The Bertz CT molecular complexity index is 1090. The summed E-state index contributed by atoms with van der Waals surface area (Å²) in [6.45, 7) is 7.09. The van der Waals surface area contributed by atoms with Gasteiger partial charge in [-0.3, -0.25) is 0 Å². The normalized spacial score (nSPS) is 23.0. The number of hydrogen-bond donors (Lipinski definition) is 1. The summed E-state index contributed by atoms with van der Waals surface area (Å²) in [6, 6.07) is 16.5. The van der Waals surface area contributed by atoms with E-state index in [1.54, 1.807) is 0 Å². The third-order valence-electron chi connectivity index (χ3n) is 8.47. The molecule has 0 atom stereocenters. The maximum absolute atomic E-state index is 12.5. The summed E-state index contributed by atoms with van der Waals surface area (Å²) in [5, 5.41) is 11.8. The Morgan fingerprint density at radius 1 is 0.917 bits per heavy atom. The zero-order chi connectivity index (χ0) is 26.0. The van der Waals surface area contributed by atoms with E-state index in [1.165, 1.54) is 17.7 Å². The minimum atomic E-state index is -3.03. The molecular formula is C30H42ClNO3S. The molecular weight excluding hydrogens is 490 g/mol. The molecule has 4 rings (SSSR count). The Hall–Kier alpha value is -1.56. The first-order chi connectivity index (χ1) is 17.0. The lowest BCUT2D eigenvalue weighted by atomic mass is 9.80. The number of aliphatic hydroxyl groups is 1. The maximum atomic E-state index is 12.5. The second-order valence-electron chi connectivity index (χ2n) is 12.0. The Labute approximate surface area is 223 Å². The minimum Gasteiger partial charge on any atom is -0.385 e.